The highest BCUT2D eigenvalue weighted by molar-refractivity contribution is 7.89. The van der Waals surface area contributed by atoms with E-state index < -0.39 is 22.0 Å². The summed E-state index contributed by atoms with van der Waals surface area (Å²) in [6.07, 6.45) is 0. The third-order valence-electron chi connectivity index (χ3n) is 4.69. The number of rotatable bonds is 8. The number of anilines is 1. The minimum atomic E-state index is -3.62. The van der Waals surface area contributed by atoms with Gasteiger partial charge in [-0.3, -0.25) is 4.79 Å². The lowest BCUT2D eigenvalue weighted by Crippen LogP contribution is -2.27. The van der Waals surface area contributed by atoms with Crippen molar-refractivity contribution in [2.75, 3.05) is 19.0 Å². The summed E-state index contributed by atoms with van der Waals surface area (Å²) in [4.78, 5) is 28.2. The van der Waals surface area contributed by atoms with Crippen molar-refractivity contribution in [2.24, 2.45) is 0 Å². The lowest BCUT2D eigenvalue weighted by molar-refractivity contribution is 0.0525. The minimum absolute atomic E-state index is 0.140. The molecule has 8 nitrogen and oxygen atoms in total. The lowest BCUT2D eigenvalue weighted by atomic mass is 10.0. The van der Waals surface area contributed by atoms with Crippen LogP contribution in [0.5, 0.6) is 0 Å². The lowest BCUT2D eigenvalue weighted by Gasteiger charge is -2.16. The van der Waals surface area contributed by atoms with Crippen LogP contribution in [0.25, 0.3) is 0 Å². The fraction of sp³-hybridized carbons (Fsp3) is 0.400. The summed E-state index contributed by atoms with van der Waals surface area (Å²) in [5.74, 6) is -0.724. The molecule has 1 unspecified atom stereocenters. The molecule has 0 saturated carbocycles. The van der Waals surface area contributed by atoms with Crippen molar-refractivity contribution in [3.63, 3.8) is 0 Å². The molecule has 0 amide bonds. The molecule has 0 spiro atoms. The largest absolute Gasteiger partial charge is 0.462 e. The molecule has 0 aliphatic rings. The zero-order valence-electron chi connectivity index (χ0n) is 17.5. The molecule has 0 aliphatic heterocycles. The maximum absolute atomic E-state index is 12.9. The monoisotopic (exact) mass is 421 g/mol. The number of ether oxygens (including phenoxy) is 1. The topological polar surface area (TPSA) is 117 Å². The van der Waals surface area contributed by atoms with Crippen molar-refractivity contribution < 1.29 is 22.7 Å². The summed E-state index contributed by atoms with van der Waals surface area (Å²) < 4.78 is 31.7. The van der Waals surface area contributed by atoms with Gasteiger partial charge in [-0.25, -0.2) is 17.9 Å². The first-order chi connectivity index (χ1) is 13.5. The van der Waals surface area contributed by atoms with E-state index in [9.17, 15) is 18.0 Å². The Kier molecular flexibility index (Phi) is 6.86. The van der Waals surface area contributed by atoms with E-state index >= 15 is 0 Å². The maximum Gasteiger partial charge on any atom is 0.340 e. The minimum Gasteiger partial charge on any atom is -0.462 e. The van der Waals surface area contributed by atoms with Gasteiger partial charge in [-0.15, -0.1) is 0 Å². The normalized spacial score (nSPS) is 12.5. The number of hydrogen-bond acceptors (Lipinski definition) is 6. The van der Waals surface area contributed by atoms with Gasteiger partial charge >= 0.3 is 5.97 Å². The van der Waals surface area contributed by atoms with E-state index in [4.69, 9.17) is 4.74 Å². The number of Topliss-reactive ketones (excluding diaryl/α,β-unsaturated/α-hetero) is 1. The quantitative estimate of drug-likeness (QED) is 0.446. The Hall–Kier alpha value is -2.65. The van der Waals surface area contributed by atoms with Crippen LogP contribution in [0, 0.1) is 20.8 Å². The summed E-state index contributed by atoms with van der Waals surface area (Å²) in [6.45, 7) is 8.74. The van der Waals surface area contributed by atoms with Crippen LogP contribution in [0.4, 0.5) is 5.69 Å². The highest BCUT2D eigenvalue weighted by Gasteiger charge is 2.26. The van der Waals surface area contributed by atoms with E-state index in [1.165, 1.54) is 13.1 Å². The second-order valence-electron chi connectivity index (χ2n) is 6.76. The SMILES string of the molecule is CCOC(=O)c1c(C)[nH]c(C(=O)C(C)Nc2ccc(C)c(S(=O)(=O)NC)c2)c1C. The van der Waals surface area contributed by atoms with Gasteiger partial charge in [0.2, 0.25) is 15.8 Å². The molecule has 0 aliphatic carbocycles. The fourth-order valence-electron chi connectivity index (χ4n) is 3.13. The molecule has 1 aromatic heterocycles. The molecule has 3 N–H and O–H groups in total. The van der Waals surface area contributed by atoms with Crippen molar-refractivity contribution >= 4 is 27.5 Å². The molecule has 1 atom stereocenters. The van der Waals surface area contributed by atoms with Crippen molar-refractivity contribution in [3.8, 4) is 0 Å². The first kappa shape index (κ1) is 22.6. The second kappa shape index (κ2) is 8.79. The number of sulfonamides is 1. The average molecular weight is 422 g/mol. The van der Waals surface area contributed by atoms with Crippen LogP contribution in [0.15, 0.2) is 23.1 Å². The number of benzene rings is 1. The summed E-state index contributed by atoms with van der Waals surface area (Å²) in [5.41, 5.74) is 2.87. The van der Waals surface area contributed by atoms with Crippen LogP contribution in [0.3, 0.4) is 0 Å². The summed E-state index contributed by atoms with van der Waals surface area (Å²) in [7, 11) is -2.27. The molecule has 0 bridgehead atoms. The van der Waals surface area contributed by atoms with Crippen molar-refractivity contribution in [1.29, 1.82) is 0 Å². The molecule has 29 heavy (non-hydrogen) atoms. The van der Waals surface area contributed by atoms with Crippen LogP contribution in [0.1, 0.15) is 51.5 Å². The third kappa shape index (κ3) is 4.68. The van der Waals surface area contributed by atoms with Gasteiger partial charge in [0.25, 0.3) is 0 Å². The molecule has 1 aromatic carbocycles. The van der Waals surface area contributed by atoms with Crippen LogP contribution < -0.4 is 10.0 Å². The zero-order valence-corrected chi connectivity index (χ0v) is 18.3. The first-order valence-electron chi connectivity index (χ1n) is 9.24. The average Bonchev–Trinajstić information content (AvgIpc) is 2.96. The Morgan fingerprint density at radius 2 is 1.86 bits per heavy atom. The number of esters is 1. The van der Waals surface area contributed by atoms with Crippen LogP contribution in [-0.2, 0) is 14.8 Å². The number of hydrogen-bond donors (Lipinski definition) is 3. The van der Waals surface area contributed by atoms with Gasteiger partial charge in [0.1, 0.15) is 0 Å². The number of nitrogens with one attached hydrogen (secondary N) is 3. The van der Waals surface area contributed by atoms with E-state index in [-0.39, 0.29) is 17.3 Å². The molecule has 9 heteroatoms. The van der Waals surface area contributed by atoms with Gasteiger partial charge in [0.15, 0.2) is 0 Å². The van der Waals surface area contributed by atoms with Gasteiger partial charge in [-0.2, -0.15) is 0 Å². The van der Waals surface area contributed by atoms with Crippen molar-refractivity contribution in [3.05, 3.63) is 46.3 Å². The Bertz CT molecular complexity index is 1040. The number of carbonyl (C=O) groups is 2. The van der Waals surface area contributed by atoms with Gasteiger partial charge in [-0.05, 0) is 64.9 Å². The number of aryl methyl sites for hydroxylation is 2. The molecule has 0 saturated heterocycles. The second-order valence-corrected chi connectivity index (χ2v) is 8.62. The van der Waals surface area contributed by atoms with Crippen LogP contribution >= 0.6 is 0 Å². The third-order valence-corrected chi connectivity index (χ3v) is 6.24. The van der Waals surface area contributed by atoms with E-state index in [0.29, 0.717) is 33.8 Å². The standard InChI is InChI=1S/C20H27N3O5S/c1-7-28-20(25)17-12(3)18(23-13(17)4)19(24)14(5)22-15-9-8-11(2)16(10-15)29(26,27)21-6/h8-10,14,21-23H,7H2,1-6H3. The molecule has 158 valence electrons. The summed E-state index contributed by atoms with van der Waals surface area (Å²) in [5, 5.41) is 3.04. The molecule has 2 aromatic rings. The molecule has 0 radical (unpaired) electrons. The molecular formula is C20H27N3O5S. The van der Waals surface area contributed by atoms with Crippen molar-refractivity contribution in [1.82, 2.24) is 9.71 Å². The van der Waals surface area contributed by atoms with Crippen LogP contribution in [0.2, 0.25) is 0 Å². The number of H-pyrrole nitrogens is 1. The van der Waals surface area contributed by atoms with Gasteiger partial charge < -0.3 is 15.0 Å². The van der Waals surface area contributed by atoms with E-state index in [1.807, 2.05) is 0 Å². The van der Waals surface area contributed by atoms with Crippen molar-refractivity contribution in [2.45, 2.75) is 45.6 Å². The molecule has 2 rings (SSSR count). The maximum atomic E-state index is 12.9. The van der Waals surface area contributed by atoms with Crippen LogP contribution in [-0.4, -0.2) is 44.9 Å². The first-order valence-corrected chi connectivity index (χ1v) is 10.7. The smallest absolute Gasteiger partial charge is 0.340 e. The van der Waals surface area contributed by atoms with Gasteiger partial charge in [0, 0.05) is 11.4 Å². The van der Waals surface area contributed by atoms with E-state index in [0.717, 1.165) is 0 Å². The Labute approximate surface area is 171 Å². The van der Waals surface area contributed by atoms with E-state index in [1.54, 1.807) is 46.8 Å². The zero-order chi connectivity index (χ0) is 21.9. The molecule has 0 fully saturated rings. The van der Waals surface area contributed by atoms with Gasteiger partial charge in [0.05, 0.1) is 28.8 Å². The Balaban J connectivity index is 2.30. The Morgan fingerprint density at radius 3 is 2.45 bits per heavy atom. The number of ketones is 1. The van der Waals surface area contributed by atoms with Gasteiger partial charge in [-0.1, -0.05) is 6.07 Å². The highest BCUT2D eigenvalue weighted by atomic mass is 32.2. The fourth-order valence-corrected chi connectivity index (χ4v) is 4.12. The summed E-state index contributed by atoms with van der Waals surface area (Å²) >= 11 is 0. The molecule has 1 heterocycles. The predicted molar refractivity (Wildman–Crippen MR) is 111 cm³/mol. The highest BCUT2D eigenvalue weighted by Crippen LogP contribution is 2.23. The number of carbonyl (C=O) groups excluding carboxylic acids is 2. The Morgan fingerprint density at radius 1 is 1.21 bits per heavy atom. The molecular weight excluding hydrogens is 394 g/mol. The number of aromatic nitrogens is 1. The summed E-state index contributed by atoms with van der Waals surface area (Å²) in [6, 6.07) is 4.22. The number of aromatic amines is 1. The predicted octanol–water partition coefficient (Wildman–Crippen LogP) is 2.71. The van der Waals surface area contributed by atoms with E-state index in [2.05, 4.69) is 15.0 Å².